The topological polar surface area (TPSA) is 92.1 Å². The summed E-state index contributed by atoms with van der Waals surface area (Å²) in [7, 11) is 0. The van der Waals surface area contributed by atoms with Gasteiger partial charge in [0.2, 0.25) is 5.91 Å². The van der Waals surface area contributed by atoms with Gasteiger partial charge in [-0.1, -0.05) is 37.6 Å². The number of rotatable bonds is 7. The molecule has 0 saturated heterocycles. The fourth-order valence-electron chi connectivity index (χ4n) is 3.18. The number of aromatic nitrogens is 2. The summed E-state index contributed by atoms with van der Waals surface area (Å²) >= 11 is 0. The molecule has 0 fully saturated rings. The molecule has 0 saturated carbocycles. The van der Waals surface area contributed by atoms with Crippen LogP contribution >= 0.6 is 0 Å². The fourth-order valence-corrected chi connectivity index (χ4v) is 3.18. The number of hydrogen-bond acceptors (Lipinski definition) is 3. The molecule has 0 spiro atoms. The molecule has 3 N–H and O–H groups in total. The largest absolute Gasteiger partial charge is 0.368 e. The number of amides is 2. The van der Waals surface area contributed by atoms with Crippen molar-refractivity contribution in [3.63, 3.8) is 0 Å². The number of fused-ring (bicyclic) bond motifs is 1. The number of aromatic amines is 1. The summed E-state index contributed by atoms with van der Waals surface area (Å²) in [4.78, 5) is 33.5. The molecule has 2 aromatic heterocycles. The molecule has 1 aromatic carbocycles. The molecule has 6 heteroatoms. The molecule has 0 aliphatic heterocycles. The Kier molecular flexibility index (Phi) is 5.54. The molecule has 2 heterocycles. The second kappa shape index (κ2) is 8.03. The number of carbonyl (C=O) groups excluding carboxylic acids is 2. The van der Waals surface area contributed by atoms with Gasteiger partial charge in [0, 0.05) is 11.6 Å². The van der Waals surface area contributed by atoms with Crippen LogP contribution in [0.4, 0.5) is 0 Å². The Morgan fingerprint density at radius 2 is 1.89 bits per heavy atom. The molecule has 0 radical (unpaired) electrons. The summed E-state index contributed by atoms with van der Waals surface area (Å²) in [5, 5.41) is 0.924. The van der Waals surface area contributed by atoms with E-state index in [1.165, 1.54) is 10.5 Å². The van der Waals surface area contributed by atoms with Crippen LogP contribution in [-0.2, 0) is 11.2 Å². The minimum absolute atomic E-state index is 0.166. The van der Waals surface area contributed by atoms with E-state index in [0.29, 0.717) is 5.65 Å². The number of nitrogens with one attached hydrogen (secondary N) is 1. The lowest BCUT2D eigenvalue weighted by atomic mass is 10.0. The quantitative estimate of drug-likeness (QED) is 0.674. The average Bonchev–Trinajstić information content (AvgIpc) is 3.13. The van der Waals surface area contributed by atoms with Gasteiger partial charge in [0.15, 0.2) is 0 Å². The first-order chi connectivity index (χ1) is 13.0. The van der Waals surface area contributed by atoms with E-state index in [1.54, 1.807) is 12.3 Å². The van der Waals surface area contributed by atoms with Crippen molar-refractivity contribution in [2.45, 2.75) is 32.7 Å². The molecular formula is C21H24N4O2. The minimum Gasteiger partial charge on any atom is -0.368 e. The van der Waals surface area contributed by atoms with Crippen LogP contribution in [0, 0.1) is 0 Å². The Balaban J connectivity index is 1.89. The summed E-state index contributed by atoms with van der Waals surface area (Å²) in [5.74, 6) is -0.880. The normalized spacial score (nSPS) is 12.1. The first kappa shape index (κ1) is 18.6. The first-order valence-electron chi connectivity index (χ1n) is 9.12. The highest BCUT2D eigenvalue weighted by atomic mass is 16.2. The molecule has 27 heavy (non-hydrogen) atoms. The van der Waals surface area contributed by atoms with E-state index in [1.807, 2.05) is 31.2 Å². The van der Waals surface area contributed by atoms with Crippen LogP contribution in [0.1, 0.15) is 47.9 Å². The van der Waals surface area contributed by atoms with Crippen LogP contribution in [0.2, 0.25) is 0 Å². The predicted molar refractivity (Wildman–Crippen MR) is 105 cm³/mol. The first-order valence-corrected chi connectivity index (χ1v) is 9.12. The van der Waals surface area contributed by atoms with Gasteiger partial charge < -0.3 is 15.6 Å². The number of aryl methyl sites for hydroxylation is 1. The second-order valence-electron chi connectivity index (χ2n) is 6.68. The van der Waals surface area contributed by atoms with Crippen molar-refractivity contribution in [1.29, 1.82) is 0 Å². The Labute approximate surface area is 158 Å². The lowest BCUT2D eigenvalue weighted by Crippen LogP contribution is -2.40. The third-order valence-corrected chi connectivity index (χ3v) is 4.68. The van der Waals surface area contributed by atoms with Crippen molar-refractivity contribution in [3.8, 4) is 0 Å². The van der Waals surface area contributed by atoms with Crippen LogP contribution in [0.25, 0.3) is 11.0 Å². The van der Waals surface area contributed by atoms with Gasteiger partial charge in [-0.05, 0) is 42.7 Å². The number of H-pyrrole nitrogens is 1. The average molecular weight is 364 g/mol. The molecule has 6 nitrogen and oxygen atoms in total. The number of nitrogens with two attached hydrogens (primary N) is 1. The minimum atomic E-state index is -0.557. The molecule has 140 valence electrons. The zero-order valence-electron chi connectivity index (χ0n) is 15.6. The zero-order chi connectivity index (χ0) is 19.4. The summed E-state index contributed by atoms with van der Waals surface area (Å²) < 4.78 is 0. The van der Waals surface area contributed by atoms with Gasteiger partial charge in [0.1, 0.15) is 17.9 Å². The molecule has 2 amide bonds. The third-order valence-electron chi connectivity index (χ3n) is 4.68. The van der Waals surface area contributed by atoms with Crippen LogP contribution in [-0.4, -0.2) is 33.2 Å². The van der Waals surface area contributed by atoms with Gasteiger partial charge >= 0.3 is 0 Å². The Morgan fingerprint density at radius 1 is 1.15 bits per heavy atom. The van der Waals surface area contributed by atoms with Crippen LogP contribution < -0.4 is 5.73 Å². The monoisotopic (exact) mass is 364 g/mol. The van der Waals surface area contributed by atoms with Crippen molar-refractivity contribution in [2.75, 3.05) is 6.54 Å². The number of primary amides is 1. The van der Waals surface area contributed by atoms with Crippen LogP contribution in [0.15, 0.2) is 48.7 Å². The molecule has 0 aliphatic rings. The molecule has 1 atom stereocenters. The number of pyridine rings is 1. The summed E-state index contributed by atoms with van der Waals surface area (Å²) in [5.41, 5.74) is 8.52. The molecule has 3 aromatic rings. The van der Waals surface area contributed by atoms with Gasteiger partial charge in [-0.15, -0.1) is 0 Å². The Bertz CT molecular complexity index is 946. The van der Waals surface area contributed by atoms with E-state index < -0.39 is 5.91 Å². The van der Waals surface area contributed by atoms with Gasteiger partial charge in [-0.3, -0.25) is 9.59 Å². The smallest absolute Gasteiger partial charge is 0.273 e. The van der Waals surface area contributed by atoms with Gasteiger partial charge in [0.25, 0.3) is 5.91 Å². The molecule has 1 unspecified atom stereocenters. The van der Waals surface area contributed by atoms with E-state index >= 15 is 0 Å². The number of hydrogen-bond donors (Lipinski definition) is 2. The van der Waals surface area contributed by atoms with Crippen molar-refractivity contribution < 1.29 is 9.59 Å². The summed E-state index contributed by atoms with van der Waals surface area (Å²) in [6.45, 7) is 3.86. The predicted octanol–water partition coefficient (Wildman–Crippen LogP) is 3.20. The van der Waals surface area contributed by atoms with Crippen molar-refractivity contribution in [2.24, 2.45) is 5.73 Å². The number of carbonyl (C=O) groups is 2. The maximum absolute atomic E-state index is 13.1. The standard InChI is InChI=1S/C21H24N4O2/c1-3-4-15-5-7-16(8-6-15)14(2)25(13-19(22)26)21(27)18-10-9-17-11-12-23-20(17)24-18/h5-12,14H,3-4,13H2,1-2H3,(H2,22,26)(H,23,24). The SMILES string of the molecule is CCCc1ccc(C(C)N(CC(N)=O)C(=O)c2ccc3cc[nH]c3n2)cc1. The maximum Gasteiger partial charge on any atom is 0.273 e. The lowest BCUT2D eigenvalue weighted by molar-refractivity contribution is -0.119. The van der Waals surface area contributed by atoms with Gasteiger partial charge in [-0.25, -0.2) is 4.98 Å². The molecule has 3 rings (SSSR count). The summed E-state index contributed by atoms with van der Waals surface area (Å²) in [6.07, 6.45) is 3.86. The Hall–Kier alpha value is -3.15. The molecule has 0 aliphatic carbocycles. The third kappa shape index (κ3) is 4.16. The zero-order valence-corrected chi connectivity index (χ0v) is 15.6. The Morgan fingerprint density at radius 3 is 2.56 bits per heavy atom. The highest BCUT2D eigenvalue weighted by Crippen LogP contribution is 2.23. The summed E-state index contributed by atoms with van der Waals surface area (Å²) in [6, 6.07) is 13.2. The highest BCUT2D eigenvalue weighted by Gasteiger charge is 2.25. The number of nitrogens with zero attached hydrogens (tertiary/aromatic N) is 2. The van der Waals surface area contributed by atoms with Crippen molar-refractivity contribution in [3.05, 3.63) is 65.5 Å². The molecular weight excluding hydrogens is 340 g/mol. The van der Waals surface area contributed by atoms with E-state index in [0.717, 1.165) is 23.8 Å². The van der Waals surface area contributed by atoms with E-state index in [-0.39, 0.29) is 24.2 Å². The number of benzene rings is 1. The van der Waals surface area contributed by atoms with E-state index in [4.69, 9.17) is 5.73 Å². The lowest BCUT2D eigenvalue weighted by Gasteiger charge is -2.28. The fraction of sp³-hybridized carbons (Fsp3) is 0.286. The second-order valence-corrected chi connectivity index (χ2v) is 6.68. The highest BCUT2D eigenvalue weighted by molar-refractivity contribution is 5.96. The van der Waals surface area contributed by atoms with Crippen LogP contribution in [0.3, 0.4) is 0 Å². The van der Waals surface area contributed by atoms with Gasteiger partial charge in [0.05, 0.1) is 6.04 Å². The maximum atomic E-state index is 13.1. The van der Waals surface area contributed by atoms with Gasteiger partial charge in [-0.2, -0.15) is 0 Å². The molecule has 0 bridgehead atoms. The van der Waals surface area contributed by atoms with Crippen LogP contribution in [0.5, 0.6) is 0 Å². The van der Waals surface area contributed by atoms with Crippen molar-refractivity contribution >= 4 is 22.8 Å². The van der Waals surface area contributed by atoms with E-state index in [9.17, 15) is 9.59 Å². The van der Waals surface area contributed by atoms with E-state index in [2.05, 4.69) is 29.0 Å². The van der Waals surface area contributed by atoms with Crippen molar-refractivity contribution in [1.82, 2.24) is 14.9 Å².